The Morgan fingerprint density at radius 3 is 2.95 bits per heavy atom. The van der Waals surface area contributed by atoms with E-state index in [-0.39, 0.29) is 23.6 Å². The van der Waals surface area contributed by atoms with Gasteiger partial charge in [-0.25, -0.2) is 4.39 Å². The van der Waals surface area contributed by atoms with Crippen molar-refractivity contribution in [2.75, 3.05) is 11.9 Å². The topological polar surface area (TPSA) is 63.0 Å². The summed E-state index contributed by atoms with van der Waals surface area (Å²) in [5.74, 6) is 0.0717. The lowest BCUT2D eigenvalue weighted by molar-refractivity contribution is 0.430. The van der Waals surface area contributed by atoms with Gasteiger partial charge in [0.1, 0.15) is 5.82 Å². The highest BCUT2D eigenvalue weighted by Crippen LogP contribution is 2.24. The monoisotopic (exact) mass is 328 g/mol. The lowest BCUT2D eigenvalue weighted by Gasteiger charge is -2.06. The number of nitrogens with zero attached hydrogens (tertiary/aromatic N) is 2. The number of rotatable bonds is 5. The molecule has 7 heteroatoms. The molecule has 1 aromatic heterocycles. The molecule has 0 aliphatic carbocycles. The third kappa shape index (κ3) is 3.51. The number of anilines is 2. The van der Waals surface area contributed by atoms with Crippen LogP contribution in [0, 0.1) is 5.82 Å². The minimum absolute atomic E-state index is 0.0413. The maximum absolute atomic E-state index is 13.6. The standard InChI is InChI=1S/C12H14BrFN4O/c1-3-15-7(2)11-17-18-12(19-11)16-10-6-8(13)4-5-9(10)14/h4-7,15H,3H2,1-2H3,(H,16,18). The van der Waals surface area contributed by atoms with Crippen molar-refractivity contribution in [2.24, 2.45) is 0 Å². The number of aromatic nitrogens is 2. The maximum Gasteiger partial charge on any atom is 0.320 e. The summed E-state index contributed by atoms with van der Waals surface area (Å²) < 4.78 is 19.7. The molecule has 2 N–H and O–H groups in total. The van der Waals surface area contributed by atoms with Crippen molar-refractivity contribution in [1.29, 1.82) is 0 Å². The van der Waals surface area contributed by atoms with Crippen LogP contribution in [0.2, 0.25) is 0 Å². The van der Waals surface area contributed by atoms with Gasteiger partial charge in [0.05, 0.1) is 11.7 Å². The predicted octanol–water partition coefficient (Wildman–Crippen LogP) is 3.39. The number of hydrogen-bond acceptors (Lipinski definition) is 5. The first-order valence-corrected chi connectivity index (χ1v) is 6.68. The lowest BCUT2D eigenvalue weighted by Crippen LogP contribution is -2.17. The van der Waals surface area contributed by atoms with Crippen LogP contribution in [0.3, 0.4) is 0 Å². The van der Waals surface area contributed by atoms with Gasteiger partial charge in [0, 0.05) is 4.47 Å². The van der Waals surface area contributed by atoms with Gasteiger partial charge in [-0.15, -0.1) is 5.10 Å². The first-order valence-electron chi connectivity index (χ1n) is 5.89. The Morgan fingerprint density at radius 1 is 1.42 bits per heavy atom. The fourth-order valence-corrected chi connectivity index (χ4v) is 1.92. The molecule has 0 aliphatic rings. The van der Waals surface area contributed by atoms with Gasteiger partial charge in [-0.1, -0.05) is 28.0 Å². The van der Waals surface area contributed by atoms with E-state index in [1.807, 2.05) is 13.8 Å². The Balaban J connectivity index is 2.13. The van der Waals surface area contributed by atoms with Gasteiger partial charge in [0.25, 0.3) is 0 Å². The molecule has 0 aliphatic heterocycles. The second-order valence-electron chi connectivity index (χ2n) is 3.97. The van der Waals surface area contributed by atoms with Crippen molar-refractivity contribution in [3.05, 3.63) is 34.4 Å². The van der Waals surface area contributed by atoms with E-state index in [2.05, 4.69) is 36.8 Å². The summed E-state index contributed by atoms with van der Waals surface area (Å²) in [6.45, 7) is 4.70. The van der Waals surface area contributed by atoms with Gasteiger partial charge >= 0.3 is 6.01 Å². The van der Waals surface area contributed by atoms with E-state index in [1.165, 1.54) is 6.07 Å². The Kier molecular flexibility index (Phi) is 4.49. The zero-order valence-electron chi connectivity index (χ0n) is 10.6. The molecule has 0 spiro atoms. The normalized spacial score (nSPS) is 12.4. The van der Waals surface area contributed by atoms with E-state index < -0.39 is 0 Å². The molecule has 2 rings (SSSR count). The van der Waals surface area contributed by atoms with E-state index in [9.17, 15) is 4.39 Å². The highest BCUT2D eigenvalue weighted by atomic mass is 79.9. The maximum atomic E-state index is 13.6. The average Bonchev–Trinajstić information content (AvgIpc) is 2.83. The quantitative estimate of drug-likeness (QED) is 0.880. The lowest BCUT2D eigenvalue weighted by atomic mass is 10.3. The Bertz CT molecular complexity index is 560. The highest BCUT2D eigenvalue weighted by Gasteiger charge is 2.13. The van der Waals surface area contributed by atoms with E-state index in [0.29, 0.717) is 5.89 Å². The zero-order valence-corrected chi connectivity index (χ0v) is 12.2. The van der Waals surface area contributed by atoms with Crippen molar-refractivity contribution in [2.45, 2.75) is 19.9 Å². The van der Waals surface area contributed by atoms with Crippen molar-refractivity contribution < 1.29 is 8.81 Å². The number of nitrogens with one attached hydrogen (secondary N) is 2. The van der Waals surface area contributed by atoms with Crippen LogP contribution in [-0.2, 0) is 0 Å². The fraction of sp³-hybridized carbons (Fsp3) is 0.333. The Hall–Kier alpha value is -1.47. The molecule has 1 unspecified atom stereocenters. The predicted molar refractivity (Wildman–Crippen MR) is 73.8 cm³/mol. The molecule has 0 amide bonds. The molecule has 1 atom stereocenters. The van der Waals surface area contributed by atoms with Crippen molar-refractivity contribution in [3.8, 4) is 0 Å². The average molecular weight is 329 g/mol. The van der Waals surface area contributed by atoms with Gasteiger partial charge in [-0.3, -0.25) is 0 Å². The van der Waals surface area contributed by atoms with Crippen LogP contribution >= 0.6 is 15.9 Å². The van der Waals surface area contributed by atoms with Crippen molar-refractivity contribution >= 4 is 27.6 Å². The summed E-state index contributed by atoms with van der Waals surface area (Å²) in [4.78, 5) is 0. The Labute approximate surface area is 118 Å². The Morgan fingerprint density at radius 2 is 2.21 bits per heavy atom. The zero-order chi connectivity index (χ0) is 13.8. The van der Waals surface area contributed by atoms with Gasteiger partial charge in [-0.2, -0.15) is 0 Å². The molecule has 0 saturated carbocycles. The summed E-state index contributed by atoms with van der Waals surface area (Å²) in [6, 6.07) is 4.70. The highest BCUT2D eigenvalue weighted by molar-refractivity contribution is 9.10. The summed E-state index contributed by atoms with van der Waals surface area (Å²) in [6.07, 6.45) is 0. The van der Waals surface area contributed by atoms with Gasteiger partial charge in [0.2, 0.25) is 5.89 Å². The molecule has 19 heavy (non-hydrogen) atoms. The van der Waals surface area contributed by atoms with E-state index in [0.717, 1.165) is 11.0 Å². The van der Waals surface area contributed by atoms with Crippen LogP contribution in [0.25, 0.3) is 0 Å². The van der Waals surface area contributed by atoms with Gasteiger partial charge in [-0.05, 0) is 31.7 Å². The first-order chi connectivity index (χ1) is 9.10. The molecule has 102 valence electrons. The summed E-state index contributed by atoms with van der Waals surface area (Å²) in [7, 11) is 0. The van der Waals surface area contributed by atoms with E-state index >= 15 is 0 Å². The molecule has 5 nitrogen and oxygen atoms in total. The smallest absolute Gasteiger partial charge is 0.320 e. The van der Waals surface area contributed by atoms with E-state index in [4.69, 9.17) is 4.42 Å². The molecule has 0 fully saturated rings. The molecule has 0 saturated heterocycles. The molecule has 0 radical (unpaired) electrons. The fourth-order valence-electron chi connectivity index (χ4n) is 1.56. The summed E-state index contributed by atoms with van der Waals surface area (Å²) in [5.41, 5.74) is 0.278. The van der Waals surface area contributed by atoms with Crippen LogP contribution in [0.4, 0.5) is 16.1 Å². The van der Waals surface area contributed by atoms with Crippen LogP contribution in [0.15, 0.2) is 27.1 Å². The summed E-state index contributed by atoms with van der Waals surface area (Å²) in [5, 5.41) is 13.7. The van der Waals surface area contributed by atoms with Gasteiger partial charge in [0.15, 0.2) is 0 Å². The van der Waals surface area contributed by atoms with Crippen LogP contribution in [0.5, 0.6) is 0 Å². The third-order valence-electron chi connectivity index (χ3n) is 2.49. The second kappa shape index (κ2) is 6.12. The minimum atomic E-state index is -0.386. The molecule has 1 aromatic carbocycles. The number of benzene rings is 1. The molecule has 0 bridgehead atoms. The molecular weight excluding hydrogens is 315 g/mol. The first kappa shape index (κ1) is 14.0. The SMILES string of the molecule is CCNC(C)c1nnc(Nc2cc(Br)ccc2F)o1. The number of halogens is 2. The molecule has 1 heterocycles. The second-order valence-corrected chi connectivity index (χ2v) is 4.89. The van der Waals surface area contributed by atoms with Crippen LogP contribution in [-0.4, -0.2) is 16.7 Å². The van der Waals surface area contributed by atoms with Gasteiger partial charge < -0.3 is 15.1 Å². The molecule has 2 aromatic rings. The van der Waals surface area contributed by atoms with E-state index in [1.54, 1.807) is 12.1 Å². The van der Waals surface area contributed by atoms with Crippen molar-refractivity contribution in [1.82, 2.24) is 15.5 Å². The van der Waals surface area contributed by atoms with Crippen LogP contribution in [0.1, 0.15) is 25.8 Å². The third-order valence-corrected chi connectivity index (χ3v) is 2.98. The van der Waals surface area contributed by atoms with Crippen LogP contribution < -0.4 is 10.6 Å². The molecular formula is C12H14BrFN4O. The van der Waals surface area contributed by atoms with Crippen molar-refractivity contribution in [3.63, 3.8) is 0 Å². The largest absolute Gasteiger partial charge is 0.406 e. The minimum Gasteiger partial charge on any atom is -0.406 e. The summed E-state index contributed by atoms with van der Waals surface area (Å²) >= 11 is 3.28. The number of hydrogen-bond donors (Lipinski definition) is 2.